The molecule has 0 saturated heterocycles. The predicted octanol–water partition coefficient (Wildman–Crippen LogP) is 4.19. The molecule has 0 spiro atoms. The number of aromatic nitrogens is 1. The summed E-state index contributed by atoms with van der Waals surface area (Å²) in [5.41, 5.74) is 1.02. The van der Waals surface area contributed by atoms with Crippen LogP contribution in [0.5, 0.6) is 0 Å². The van der Waals surface area contributed by atoms with E-state index in [9.17, 15) is 16.8 Å². The molecule has 11 heteroatoms. The first kappa shape index (κ1) is 22.6. The summed E-state index contributed by atoms with van der Waals surface area (Å²) < 4.78 is 57.1. The molecule has 4 rings (SSSR count). The molecule has 1 aromatic heterocycles. The van der Waals surface area contributed by atoms with Gasteiger partial charge in [-0.15, -0.1) is 15.7 Å². The third kappa shape index (κ3) is 5.64. The van der Waals surface area contributed by atoms with Crippen LogP contribution in [0.4, 0.5) is 10.8 Å². The molecule has 0 aliphatic rings. The standard InChI is InChI=1S/C22H18N4O4S3/c27-32(28,19-9-5-2-6-10-19)25-21(17-7-3-1-4-8-17)24-18-11-13-20(14-12-18)33(29,30)26-22-23-15-16-31-22/h1-16H,(H,23,26)(H,24,25). The van der Waals surface area contributed by atoms with Gasteiger partial charge in [0, 0.05) is 22.8 Å². The van der Waals surface area contributed by atoms with E-state index in [-0.39, 0.29) is 20.8 Å². The fourth-order valence-corrected chi connectivity index (χ4v) is 5.60. The maximum Gasteiger partial charge on any atom is 0.284 e. The van der Waals surface area contributed by atoms with Crippen molar-refractivity contribution >= 4 is 48.0 Å². The molecule has 0 atom stereocenters. The molecule has 0 aliphatic heterocycles. The van der Waals surface area contributed by atoms with Crippen LogP contribution in [-0.4, -0.2) is 27.7 Å². The van der Waals surface area contributed by atoms with Crippen molar-refractivity contribution < 1.29 is 16.8 Å². The molecule has 0 unspecified atom stereocenters. The lowest BCUT2D eigenvalue weighted by Crippen LogP contribution is -2.17. The maximum atomic E-state index is 12.8. The van der Waals surface area contributed by atoms with E-state index in [1.165, 1.54) is 53.9 Å². The molecule has 8 nitrogen and oxygen atoms in total. The molecule has 0 aliphatic carbocycles. The monoisotopic (exact) mass is 498 g/mol. The zero-order valence-electron chi connectivity index (χ0n) is 17.0. The van der Waals surface area contributed by atoms with Gasteiger partial charge in [-0.2, -0.15) is 8.42 Å². The van der Waals surface area contributed by atoms with Gasteiger partial charge in [0.05, 0.1) is 9.79 Å². The Bertz CT molecular complexity index is 1450. The van der Waals surface area contributed by atoms with E-state index in [1.54, 1.807) is 47.8 Å². The molecule has 3 aromatic carbocycles. The molecule has 4 aromatic rings. The summed E-state index contributed by atoms with van der Waals surface area (Å²) in [6, 6.07) is 22.6. The van der Waals surface area contributed by atoms with Gasteiger partial charge in [0.15, 0.2) is 11.0 Å². The Morgan fingerprint density at radius 3 is 2.03 bits per heavy atom. The van der Waals surface area contributed by atoms with Gasteiger partial charge in [-0.25, -0.2) is 13.4 Å². The molecular formula is C22H18N4O4S3. The number of thiazole rings is 1. The summed E-state index contributed by atoms with van der Waals surface area (Å²) in [6.07, 6.45) is 1.50. The van der Waals surface area contributed by atoms with Crippen LogP contribution in [0.3, 0.4) is 0 Å². The van der Waals surface area contributed by atoms with E-state index in [2.05, 4.69) is 19.4 Å². The second-order valence-corrected chi connectivity index (χ2v) is 10.9. The van der Waals surface area contributed by atoms with Crippen molar-refractivity contribution in [3.05, 3.63) is 102 Å². The van der Waals surface area contributed by atoms with Crippen LogP contribution in [-0.2, 0) is 20.0 Å². The molecule has 0 amide bonds. The molecule has 0 fully saturated rings. The number of hydrogen-bond donors (Lipinski definition) is 2. The van der Waals surface area contributed by atoms with Gasteiger partial charge in [-0.1, -0.05) is 48.5 Å². The Balaban J connectivity index is 1.63. The van der Waals surface area contributed by atoms with Gasteiger partial charge in [-0.3, -0.25) is 4.72 Å². The number of benzene rings is 3. The molecule has 1 heterocycles. The van der Waals surface area contributed by atoms with Gasteiger partial charge < -0.3 is 5.32 Å². The second-order valence-electron chi connectivity index (χ2n) is 6.69. The van der Waals surface area contributed by atoms with E-state index in [1.807, 2.05) is 6.07 Å². The lowest BCUT2D eigenvalue weighted by Gasteiger charge is -2.12. The van der Waals surface area contributed by atoms with Crippen molar-refractivity contribution in [2.24, 2.45) is 4.40 Å². The largest absolute Gasteiger partial charge is 0.339 e. The molecule has 33 heavy (non-hydrogen) atoms. The Hall–Kier alpha value is -3.54. The zero-order valence-corrected chi connectivity index (χ0v) is 19.4. The number of amidine groups is 1. The average Bonchev–Trinajstić information content (AvgIpc) is 3.32. The van der Waals surface area contributed by atoms with Gasteiger partial charge in [0.1, 0.15) is 0 Å². The van der Waals surface area contributed by atoms with Crippen LogP contribution in [0.15, 0.2) is 111 Å². The van der Waals surface area contributed by atoms with Crippen LogP contribution in [0.25, 0.3) is 0 Å². The molecular weight excluding hydrogens is 480 g/mol. The van der Waals surface area contributed by atoms with Crippen LogP contribution < -0.4 is 10.0 Å². The highest BCUT2D eigenvalue weighted by Crippen LogP contribution is 2.21. The number of sulfonamides is 2. The lowest BCUT2D eigenvalue weighted by molar-refractivity contribution is 0.597. The van der Waals surface area contributed by atoms with Crippen molar-refractivity contribution in [3.8, 4) is 0 Å². The van der Waals surface area contributed by atoms with Crippen LogP contribution >= 0.6 is 11.3 Å². The Labute approximate surface area is 195 Å². The smallest absolute Gasteiger partial charge is 0.284 e. The van der Waals surface area contributed by atoms with Crippen LogP contribution in [0.2, 0.25) is 0 Å². The molecule has 0 bridgehead atoms. The van der Waals surface area contributed by atoms with Crippen LogP contribution in [0.1, 0.15) is 5.56 Å². The minimum atomic E-state index is -3.97. The van der Waals surface area contributed by atoms with E-state index >= 15 is 0 Å². The highest BCUT2D eigenvalue weighted by atomic mass is 32.2. The van der Waals surface area contributed by atoms with Crippen molar-refractivity contribution in [2.45, 2.75) is 9.79 Å². The number of nitrogens with one attached hydrogen (secondary N) is 2. The van der Waals surface area contributed by atoms with Crippen molar-refractivity contribution in [1.82, 2.24) is 4.98 Å². The summed E-state index contributed by atoms with van der Waals surface area (Å²) in [6.45, 7) is 0. The molecule has 168 valence electrons. The van der Waals surface area contributed by atoms with Gasteiger partial charge in [-0.05, 0) is 36.4 Å². The van der Waals surface area contributed by atoms with E-state index in [0.29, 0.717) is 11.3 Å². The Kier molecular flexibility index (Phi) is 6.54. The average molecular weight is 499 g/mol. The number of hydrogen-bond acceptors (Lipinski definition) is 6. The Morgan fingerprint density at radius 1 is 0.788 bits per heavy atom. The fraction of sp³-hybridized carbons (Fsp3) is 0. The van der Waals surface area contributed by atoms with Gasteiger partial charge in [0.25, 0.3) is 20.0 Å². The fourth-order valence-electron chi connectivity index (χ4n) is 2.81. The summed E-state index contributed by atoms with van der Waals surface area (Å²) in [7, 11) is -7.78. The van der Waals surface area contributed by atoms with Gasteiger partial charge in [0.2, 0.25) is 0 Å². The quantitative estimate of drug-likeness (QED) is 0.291. The first-order valence-electron chi connectivity index (χ1n) is 9.58. The molecule has 0 saturated carbocycles. The molecule has 2 N–H and O–H groups in total. The first-order valence-corrected chi connectivity index (χ1v) is 13.4. The highest BCUT2D eigenvalue weighted by Gasteiger charge is 2.17. The summed E-state index contributed by atoms with van der Waals surface area (Å²) >= 11 is 1.17. The minimum Gasteiger partial charge on any atom is -0.339 e. The third-order valence-electron chi connectivity index (χ3n) is 4.38. The normalized spacial score (nSPS) is 12.3. The van der Waals surface area contributed by atoms with Crippen LogP contribution in [0, 0.1) is 0 Å². The highest BCUT2D eigenvalue weighted by molar-refractivity contribution is 7.93. The minimum absolute atomic E-state index is 0.0401. The lowest BCUT2D eigenvalue weighted by atomic mass is 10.2. The maximum absolute atomic E-state index is 12.8. The zero-order chi connectivity index (χ0) is 23.3. The van der Waals surface area contributed by atoms with E-state index in [4.69, 9.17) is 0 Å². The SMILES string of the molecule is O=S(=O)(/N=C(/Nc1ccc(S(=O)(=O)Nc2nccs2)cc1)c1ccccc1)c1ccccc1. The second kappa shape index (κ2) is 9.53. The summed E-state index contributed by atoms with van der Waals surface area (Å²) in [5, 5.41) is 4.92. The molecule has 0 radical (unpaired) electrons. The van der Waals surface area contributed by atoms with Crippen molar-refractivity contribution in [3.63, 3.8) is 0 Å². The van der Waals surface area contributed by atoms with Gasteiger partial charge >= 0.3 is 0 Å². The van der Waals surface area contributed by atoms with E-state index in [0.717, 1.165) is 0 Å². The first-order chi connectivity index (χ1) is 15.8. The summed E-state index contributed by atoms with van der Waals surface area (Å²) in [5.74, 6) is 0.107. The number of nitrogens with zero attached hydrogens (tertiary/aromatic N) is 2. The third-order valence-corrected chi connectivity index (χ3v) is 7.84. The van der Waals surface area contributed by atoms with Crippen molar-refractivity contribution in [2.75, 3.05) is 10.0 Å². The summed E-state index contributed by atoms with van der Waals surface area (Å²) in [4.78, 5) is 4.02. The topological polar surface area (TPSA) is 118 Å². The predicted molar refractivity (Wildman–Crippen MR) is 130 cm³/mol. The van der Waals surface area contributed by atoms with E-state index < -0.39 is 20.0 Å². The van der Waals surface area contributed by atoms with Crippen molar-refractivity contribution in [1.29, 1.82) is 0 Å². The number of rotatable bonds is 7. The number of anilines is 2. The Morgan fingerprint density at radius 2 is 1.42 bits per heavy atom.